The quantitative estimate of drug-likeness (QED) is 0.318. The third-order valence-corrected chi connectivity index (χ3v) is 3.38. The molecule has 4 nitrogen and oxygen atoms in total. The molecule has 0 aromatic carbocycles. The Hall–Kier alpha value is -0.610. The van der Waals surface area contributed by atoms with E-state index in [9.17, 15) is 4.79 Å². The summed E-state index contributed by atoms with van der Waals surface area (Å²) < 4.78 is 15.0. The second-order valence-corrected chi connectivity index (χ2v) is 5.14. The molecule has 0 saturated carbocycles. The molecular formula is C16H31O4. The van der Waals surface area contributed by atoms with Crippen molar-refractivity contribution < 1.29 is 19.0 Å². The summed E-state index contributed by atoms with van der Waals surface area (Å²) in [6.45, 7) is 4.69. The van der Waals surface area contributed by atoms with E-state index in [0.29, 0.717) is 6.61 Å². The molecule has 0 amide bonds. The Morgan fingerprint density at radius 3 is 1.70 bits per heavy atom. The molecule has 1 atom stereocenters. The first kappa shape index (κ1) is 19.4. The number of carbonyl (C=O) groups excluding carboxylic acids is 1. The lowest BCUT2D eigenvalue weighted by Crippen LogP contribution is -2.10. The first-order chi connectivity index (χ1) is 9.81. The smallest absolute Gasteiger partial charge is 0.417 e. The van der Waals surface area contributed by atoms with Crippen LogP contribution in [0.1, 0.15) is 71.1 Å². The molecule has 0 fully saturated rings. The Morgan fingerprint density at radius 2 is 1.25 bits per heavy atom. The highest BCUT2D eigenvalue weighted by atomic mass is 16.7. The molecule has 0 N–H and O–H groups in total. The van der Waals surface area contributed by atoms with E-state index in [4.69, 9.17) is 9.47 Å². The van der Waals surface area contributed by atoms with Crippen molar-refractivity contribution >= 4 is 6.47 Å². The van der Waals surface area contributed by atoms with Crippen LogP contribution in [0.4, 0.5) is 0 Å². The summed E-state index contributed by atoms with van der Waals surface area (Å²) in [5.41, 5.74) is 0. The Morgan fingerprint density at radius 1 is 0.800 bits per heavy atom. The lowest BCUT2D eigenvalue weighted by molar-refractivity contribution is -0.111. The maximum atomic E-state index is 9.79. The molecule has 0 aromatic rings. The Bertz CT molecular complexity index is 197. The van der Waals surface area contributed by atoms with Crippen molar-refractivity contribution in [3.8, 4) is 0 Å². The van der Waals surface area contributed by atoms with Crippen LogP contribution < -0.4 is 0 Å². The zero-order valence-electron chi connectivity index (χ0n) is 13.2. The normalized spacial score (nSPS) is 12.3. The van der Waals surface area contributed by atoms with Crippen molar-refractivity contribution in [1.82, 2.24) is 0 Å². The molecule has 20 heavy (non-hydrogen) atoms. The van der Waals surface area contributed by atoms with Crippen LogP contribution in [0.25, 0.3) is 0 Å². The summed E-state index contributed by atoms with van der Waals surface area (Å²) in [4.78, 5) is 9.79. The molecule has 0 spiro atoms. The van der Waals surface area contributed by atoms with Gasteiger partial charge in [0.1, 0.15) is 0 Å². The highest BCUT2D eigenvalue weighted by Gasteiger charge is 1.98. The predicted octanol–water partition coefficient (Wildman–Crippen LogP) is 3.98. The van der Waals surface area contributed by atoms with Crippen LogP contribution in [0.5, 0.6) is 0 Å². The van der Waals surface area contributed by atoms with E-state index in [1.807, 2.05) is 6.92 Å². The number of rotatable bonds is 16. The van der Waals surface area contributed by atoms with Gasteiger partial charge in [-0.05, 0) is 19.8 Å². The monoisotopic (exact) mass is 287 g/mol. The minimum Gasteiger partial charge on any atom is -0.457 e. The zero-order chi connectivity index (χ0) is 14.9. The van der Waals surface area contributed by atoms with Gasteiger partial charge in [-0.3, -0.25) is 0 Å². The van der Waals surface area contributed by atoms with Crippen LogP contribution in [0.2, 0.25) is 0 Å². The highest BCUT2D eigenvalue weighted by molar-refractivity contribution is 5.37. The van der Waals surface area contributed by atoms with Crippen molar-refractivity contribution in [2.24, 2.45) is 0 Å². The molecule has 0 saturated heterocycles. The fraction of sp³-hybridized carbons (Fsp3) is 0.938. The second kappa shape index (κ2) is 16.4. The molecule has 0 bridgehead atoms. The molecule has 0 heterocycles. The van der Waals surface area contributed by atoms with E-state index in [1.54, 1.807) is 7.11 Å². The summed E-state index contributed by atoms with van der Waals surface area (Å²) in [5.74, 6) is 0. The Kier molecular flexibility index (Phi) is 15.9. The minimum absolute atomic E-state index is 0.0789. The van der Waals surface area contributed by atoms with Gasteiger partial charge in [0.15, 0.2) is 6.29 Å². The van der Waals surface area contributed by atoms with Crippen molar-refractivity contribution in [1.29, 1.82) is 0 Å². The van der Waals surface area contributed by atoms with Crippen molar-refractivity contribution in [2.75, 3.05) is 20.3 Å². The van der Waals surface area contributed by atoms with Gasteiger partial charge in [0.2, 0.25) is 0 Å². The molecule has 1 unspecified atom stereocenters. The first-order valence-electron chi connectivity index (χ1n) is 7.94. The number of ether oxygens (including phenoxy) is 3. The van der Waals surface area contributed by atoms with Crippen LogP contribution in [0.15, 0.2) is 0 Å². The van der Waals surface area contributed by atoms with Gasteiger partial charge in [-0.25, -0.2) is 4.79 Å². The van der Waals surface area contributed by atoms with Gasteiger partial charge in [0.05, 0.1) is 6.61 Å². The minimum atomic E-state index is -0.0789. The molecule has 4 heteroatoms. The average Bonchev–Trinajstić information content (AvgIpc) is 2.47. The van der Waals surface area contributed by atoms with E-state index >= 15 is 0 Å². The Labute approximate surface area is 124 Å². The largest absolute Gasteiger partial charge is 0.457 e. The summed E-state index contributed by atoms with van der Waals surface area (Å²) in [5, 5.41) is 0. The number of methoxy groups -OCH3 is 1. The average molecular weight is 287 g/mol. The van der Waals surface area contributed by atoms with Crippen LogP contribution in [-0.4, -0.2) is 33.1 Å². The Balaban J connectivity index is 2.97. The standard InChI is InChI=1S/C16H31O4/c1-16(18-2)20-14-12-10-8-6-4-3-5-7-9-11-13-19-15-17/h16H,3-14H2,1-2H3. The van der Waals surface area contributed by atoms with Gasteiger partial charge >= 0.3 is 6.47 Å². The lowest BCUT2D eigenvalue weighted by atomic mass is 10.1. The summed E-state index contributed by atoms with van der Waals surface area (Å²) in [7, 11) is 1.67. The van der Waals surface area contributed by atoms with Crippen LogP contribution >= 0.6 is 0 Å². The SMILES string of the molecule is COC(C)OCCCCCCCCCCCCO[C]=O. The zero-order valence-corrected chi connectivity index (χ0v) is 13.2. The van der Waals surface area contributed by atoms with E-state index < -0.39 is 0 Å². The van der Waals surface area contributed by atoms with Gasteiger partial charge in [0.25, 0.3) is 0 Å². The van der Waals surface area contributed by atoms with Gasteiger partial charge in [0, 0.05) is 13.7 Å². The van der Waals surface area contributed by atoms with Crippen molar-refractivity contribution in [2.45, 2.75) is 77.4 Å². The molecule has 0 aliphatic rings. The fourth-order valence-corrected chi connectivity index (χ4v) is 2.05. The van der Waals surface area contributed by atoms with Gasteiger partial charge < -0.3 is 14.2 Å². The summed E-state index contributed by atoms with van der Waals surface area (Å²) >= 11 is 0. The van der Waals surface area contributed by atoms with Crippen LogP contribution in [0.3, 0.4) is 0 Å². The molecule has 0 aliphatic carbocycles. The third kappa shape index (κ3) is 15.4. The van der Waals surface area contributed by atoms with E-state index in [2.05, 4.69) is 4.74 Å². The van der Waals surface area contributed by atoms with Gasteiger partial charge in [-0.15, -0.1) is 0 Å². The lowest BCUT2D eigenvalue weighted by Gasteiger charge is -2.10. The molecule has 0 aromatic heterocycles. The number of hydrogen-bond donors (Lipinski definition) is 0. The van der Waals surface area contributed by atoms with E-state index in [0.717, 1.165) is 25.9 Å². The highest BCUT2D eigenvalue weighted by Crippen LogP contribution is 2.10. The third-order valence-electron chi connectivity index (χ3n) is 3.38. The molecule has 0 aliphatic heterocycles. The van der Waals surface area contributed by atoms with Crippen LogP contribution in [0, 0.1) is 0 Å². The first-order valence-corrected chi connectivity index (χ1v) is 7.94. The summed E-state index contributed by atoms with van der Waals surface area (Å²) in [6, 6.07) is 0. The van der Waals surface area contributed by atoms with E-state index in [-0.39, 0.29) is 6.29 Å². The topological polar surface area (TPSA) is 44.8 Å². The number of hydrogen-bond acceptors (Lipinski definition) is 4. The number of unbranched alkanes of at least 4 members (excludes halogenated alkanes) is 9. The molecule has 0 rings (SSSR count). The van der Waals surface area contributed by atoms with Crippen molar-refractivity contribution in [3.63, 3.8) is 0 Å². The predicted molar refractivity (Wildman–Crippen MR) is 80.2 cm³/mol. The van der Waals surface area contributed by atoms with Crippen molar-refractivity contribution in [3.05, 3.63) is 0 Å². The maximum absolute atomic E-state index is 9.79. The van der Waals surface area contributed by atoms with Gasteiger partial charge in [-0.2, -0.15) is 0 Å². The summed E-state index contributed by atoms with van der Waals surface area (Å²) in [6.07, 6.45) is 12.2. The van der Waals surface area contributed by atoms with Crippen LogP contribution in [-0.2, 0) is 19.0 Å². The molecular weight excluding hydrogens is 256 g/mol. The second-order valence-electron chi connectivity index (χ2n) is 5.14. The maximum Gasteiger partial charge on any atom is 0.417 e. The molecule has 1 radical (unpaired) electrons. The fourth-order valence-electron chi connectivity index (χ4n) is 2.05. The molecule has 119 valence electrons. The van der Waals surface area contributed by atoms with Gasteiger partial charge in [-0.1, -0.05) is 51.4 Å². The van der Waals surface area contributed by atoms with E-state index in [1.165, 1.54) is 51.4 Å².